The summed E-state index contributed by atoms with van der Waals surface area (Å²) in [5.41, 5.74) is 0.673. The molecule has 0 spiro atoms. The van der Waals surface area contributed by atoms with Crippen molar-refractivity contribution in [3.63, 3.8) is 0 Å². The van der Waals surface area contributed by atoms with Crippen LogP contribution in [-0.2, 0) is 26.2 Å². The lowest BCUT2D eigenvalue weighted by Crippen LogP contribution is -2.51. The molecule has 0 heterocycles. The molecule has 0 saturated carbocycles. The molecule has 0 fully saturated rings. The van der Waals surface area contributed by atoms with E-state index in [9.17, 15) is 18.0 Å². The number of rotatable bonds is 10. The molecule has 7 nitrogen and oxygen atoms in total. The molecule has 0 aromatic heterocycles. The lowest BCUT2D eigenvalue weighted by molar-refractivity contribution is -0.139. The molecule has 1 atom stereocenters. The van der Waals surface area contributed by atoms with Crippen molar-refractivity contribution >= 4 is 73.9 Å². The Morgan fingerprint density at radius 3 is 2.24 bits per heavy atom. The smallest absolute Gasteiger partial charge is 0.244 e. The monoisotopic (exact) mass is 567 g/mol. The van der Waals surface area contributed by atoms with E-state index in [4.69, 9.17) is 46.4 Å². The summed E-state index contributed by atoms with van der Waals surface area (Å²) in [6.07, 6.45) is 1.67. The van der Waals surface area contributed by atoms with E-state index in [0.717, 1.165) is 10.6 Å². The Bertz CT molecular complexity index is 1160. The van der Waals surface area contributed by atoms with Gasteiger partial charge in [0.25, 0.3) is 0 Å². The van der Waals surface area contributed by atoms with Gasteiger partial charge in [-0.1, -0.05) is 59.4 Å². The van der Waals surface area contributed by atoms with Crippen molar-refractivity contribution in [2.24, 2.45) is 0 Å². The van der Waals surface area contributed by atoms with Crippen LogP contribution in [0.2, 0.25) is 20.1 Å². The molecule has 2 rings (SSSR count). The Morgan fingerprint density at radius 2 is 1.65 bits per heavy atom. The standard InChI is InChI=1S/C22H25Cl4N3O4S/c1-4-9-27-22(31)14(2)28(12-15-5-7-17(24)19(26)10-15)21(30)13-29(34(3,32)33)20-11-16(23)6-8-18(20)25/h5-8,10-11,14H,4,9,12-13H2,1-3H3,(H,27,31). The molecule has 0 saturated heterocycles. The number of carbonyl (C=O) groups is 2. The molecule has 186 valence electrons. The van der Waals surface area contributed by atoms with Crippen LogP contribution in [0.5, 0.6) is 0 Å². The van der Waals surface area contributed by atoms with E-state index in [1.54, 1.807) is 25.1 Å². The topological polar surface area (TPSA) is 86.8 Å². The van der Waals surface area contributed by atoms with Crippen molar-refractivity contribution in [3.8, 4) is 0 Å². The van der Waals surface area contributed by atoms with Gasteiger partial charge in [0, 0.05) is 18.1 Å². The number of hydrogen-bond donors (Lipinski definition) is 1. The average molecular weight is 569 g/mol. The average Bonchev–Trinajstić information content (AvgIpc) is 2.76. The number of hydrogen-bond acceptors (Lipinski definition) is 4. The molecule has 0 bridgehead atoms. The van der Waals surface area contributed by atoms with Crippen LogP contribution in [-0.4, -0.2) is 50.5 Å². The largest absolute Gasteiger partial charge is 0.354 e. The first-order valence-electron chi connectivity index (χ1n) is 10.3. The Hall–Kier alpha value is -1.71. The second kappa shape index (κ2) is 12.3. The van der Waals surface area contributed by atoms with Gasteiger partial charge in [-0.2, -0.15) is 0 Å². The minimum absolute atomic E-state index is 0.00266. The van der Waals surface area contributed by atoms with E-state index in [0.29, 0.717) is 23.6 Å². The zero-order chi connectivity index (χ0) is 25.6. The summed E-state index contributed by atoms with van der Waals surface area (Å²) in [6, 6.07) is 8.25. The maximum absolute atomic E-state index is 13.5. The maximum Gasteiger partial charge on any atom is 0.244 e. The predicted octanol–water partition coefficient (Wildman–Crippen LogP) is 5.01. The van der Waals surface area contributed by atoms with Gasteiger partial charge < -0.3 is 10.2 Å². The van der Waals surface area contributed by atoms with Crippen LogP contribution in [0.15, 0.2) is 36.4 Å². The van der Waals surface area contributed by atoms with Gasteiger partial charge in [-0.05, 0) is 49.2 Å². The molecule has 0 aliphatic rings. The fourth-order valence-electron chi connectivity index (χ4n) is 3.08. The first-order chi connectivity index (χ1) is 15.8. The van der Waals surface area contributed by atoms with Crippen molar-refractivity contribution in [1.29, 1.82) is 0 Å². The van der Waals surface area contributed by atoms with E-state index in [1.807, 2.05) is 6.92 Å². The molecule has 2 amide bonds. The summed E-state index contributed by atoms with van der Waals surface area (Å²) in [6.45, 7) is 3.31. The number of carbonyl (C=O) groups excluding carboxylic acids is 2. The van der Waals surface area contributed by atoms with Crippen molar-refractivity contribution in [3.05, 3.63) is 62.1 Å². The van der Waals surface area contributed by atoms with Gasteiger partial charge in [-0.15, -0.1) is 0 Å². The molecule has 12 heteroatoms. The van der Waals surface area contributed by atoms with Crippen LogP contribution >= 0.6 is 46.4 Å². The van der Waals surface area contributed by atoms with Crippen LogP contribution < -0.4 is 9.62 Å². The highest BCUT2D eigenvalue weighted by Crippen LogP contribution is 2.31. The maximum atomic E-state index is 13.5. The van der Waals surface area contributed by atoms with Crippen molar-refractivity contribution in [2.75, 3.05) is 23.7 Å². The van der Waals surface area contributed by atoms with E-state index in [-0.39, 0.29) is 33.2 Å². The molecule has 2 aromatic rings. The van der Waals surface area contributed by atoms with Gasteiger partial charge in [-0.3, -0.25) is 13.9 Å². The highest BCUT2D eigenvalue weighted by atomic mass is 35.5. The first-order valence-corrected chi connectivity index (χ1v) is 13.6. The summed E-state index contributed by atoms with van der Waals surface area (Å²) in [5.74, 6) is -0.992. The van der Waals surface area contributed by atoms with Gasteiger partial charge in [0.2, 0.25) is 21.8 Å². The van der Waals surface area contributed by atoms with Gasteiger partial charge in [-0.25, -0.2) is 8.42 Å². The molecule has 34 heavy (non-hydrogen) atoms. The summed E-state index contributed by atoms with van der Waals surface area (Å²) >= 11 is 24.4. The molecule has 1 unspecified atom stereocenters. The summed E-state index contributed by atoms with van der Waals surface area (Å²) in [4.78, 5) is 27.4. The number of sulfonamides is 1. The minimum Gasteiger partial charge on any atom is -0.354 e. The molecule has 0 aliphatic carbocycles. The zero-order valence-electron chi connectivity index (χ0n) is 18.8. The Labute approximate surface area is 220 Å². The number of benzene rings is 2. The van der Waals surface area contributed by atoms with Crippen molar-refractivity contribution in [2.45, 2.75) is 32.9 Å². The Kier molecular flexibility index (Phi) is 10.3. The third kappa shape index (κ3) is 7.65. The minimum atomic E-state index is -3.93. The highest BCUT2D eigenvalue weighted by molar-refractivity contribution is 7.92. The lowest BCUT2D eigenvalue weighted by atomic mass is 10.1. The number of halogens is 4. The van der Waals surface area contributed by atoms with Crippen LogP contribution in [0.4, 0.5) is 5.69 Å². The Balaban J connectivity index is 2.44. The van der Waals surface area contributed by atoms with Crippen molar-refractivity contribution < 1.29 is 18.0 Å². The SMILES string of the molecule is CCCNC(=O)C(C)N(Cc1ccc(Cl)c(Cl)c1)C(=O)CN(c1cc(Cl)ccc1Cl)S(C)(=O)=O. The zero-order valence-corrected chi connectivity index (χ0v) is 22.7. The summed E-state index contributed by atoms with van der Waals surface area (Å²) in [7, 11) is -3.93. The summed E-state index contributed by atoms with van der Waals surface area (Å²) in [5, 5.41) is 3.74. The van der Waals surface area contributed by atoms with E-state index >= 15 is 0 Å². The lowest BCUT2D eigenvalue weighted by Gasteiger charge is -2.31. The third-order valence-corrected chi connectivity index (χ3v) is 7.33. The third-order valence-electron chi connectivity index (χ3n) is 4.91. The van der Waals surface area contributed by atoms with Crippen LogP contribution in [0, 0.1) is 0 Å². The van der Waals surface area contributed by atoms with Crippen LogP contribution in [0.1, 0.15) is 25.8 Å². The number of nitrogens with zero attached hydrogens (tertiary/aromatic N) is 2. The normalized spacial score (nSPS) is 12.2. The van der Waals surface area contributed by atoms with E-state index < -0.39 is 28.5 Å². The first kappa shape index (κ1) is 28.5. The molecule has 1 N–H and O–H groups in total. The molecule has 0 aliphatic heterocycles. The second-order valence-corrected chi connectivity index (χ2v) is 11.2. The number of amides is 2. The molecular weight excluding hydrogens is 544 g/mol. The fourth-order valence-corrected chi connectivity index (χ4v) is 4.69. The predicted molar refractivity (Wildman–Crippen MR) is 138 cm³/mol. The number of nitrogens with one attached hydrogen (secondary N) is 1. The second-order valence-electron chi connectivity index (χ2n) is 7.60. The van der Waals surface area contributed by atoms with Crippen LogP contribution in [0.3, 0.4) is 0 Å². The van der Waals surface area contributed by atoms with Gasteiger partial charge in [0.15, 0.2) is 0 Å². The molecule has 2 aromatic carbocycles. The summed E-state index contributed by atoms with van der Waals surface area (Å²) < 4.78 is 26.0. The highest BCUT2D eigenvalue weighted by Gasteiger charge is 2.31. The quantitative estimate of drug-likeness (QED) is 0.436. The van der Waals surface area contributed by atoms with Gasteiger partial charge in [0.1, 0.15) is 12.6 Å². The Morgan fingerprint density at radius 1 is 1.00 bits per heavy atom. The van der Waals surface area contributed by atoms with Crippen LogP contribution in [0.25, 0.3) is 0 Å². The van der Waals surface area contributed by atoms with Gasteiger partial charge in [0.05, 0.1) is 27.0 Å². The molecular formula is C22H25Cl4N3O4S. The fraction of sp³-hybridized carbons (Fsp3) is 0.364. The van der Waals surface area contributed by atoms with E-state index in [2.05, 4.69) is 5.32 Å². The van der Waals surface area contributed by atoms with Gasteiger partial charge >= 0.3 is 0 Å². The van der Waals surface area contributed by atoms with Crippen molar-refractivity contribution in [1.82, 2.24) is 10.2 Å². The number of anilines is 1. The van der Waals surface area contributed by atoms with E-state index in [1.165, 1.54) is 23.1 Å². The molecule has 0 radical (unpaired) electrons.